The number of urea groups is 1. The van der Waals surface area contributed by atoms with E-state index in [4.69, 9.17) is 20.2 Å². The summed E-state index contributed by atoms with van der Waals surface area (Å²) in [6, 6.07) is 1.98. The Morgan fingerprint density at radius 2 is 1.94 bits per heavy atom. The van der Waals surface area contributed by atoms with Crippen LogP contribution in [0.4, 0.5) is 16.7 Å². The van der Waals surface area contributed by atoms with Crippen LogP contribution >= 0.6 is 0 Å². The van der Waals surface area contributed by atoms with Gasteiger partial charge in [0.05, 0.1) is 18.9 Å². The van der Waals surface area contributed by atoms with Gasteiger partial charge in [0.15, 0.2) is 0 Å². The van der Waals surface area contributed by atoms with Crippen molar-refractivity contribution >= 4 is 17.9 Å². The average molecular weight is 443 g/mol. The van der Waals surface area contributed by atoms with Crippen molar-refractivity contribution < 1.29 is 14.3 Å². The van der Waals surface area contributed by atoms with E-state index in [2.05, 4.69) is 25.2 Å². The molecule has 0 spiro atoms. The molecule has 0 radical (unpaired) electrons. The fourth-order valence-electron chi connectivity index (χ4n) is 3.63. The molecule has 1 aliphatic heterocycles. The summed E-state index contributed by atoms with van der Waals surface area (Å²) in [4.78, 5) is 33.5. The predicted molar refractivity (Wildman–Crippen MR) is 119 cm³/mol. The highest BCUT2D eigenvalue weighted by atomic mass is 16.5. The van der Waals surface area contributed by atoms with Gasteiger partial charge in [-0.25, -0.2) is 19.7 Å². The van der Waals surface area contributed by atoms with Gasteiger partial charge in [0.1, 0.15) is 6.10 Å². The van der Waals surface area contributed by atoms with E-state index >= 15 is 0 Å². The second kappa shape index (κ2) is 9.51. The molecule has 11 heteroatoms. The molecule has 11 nitrogen and oxygen atoms in total. The average Bonchev–Trinajstić information content (AvgIpc) is 2.76. The molecule has 172 valence electrons. The molecule has 3 heterocycles. The minimum absolute atomic E-state index is 0.0164. The van der Waals surface area contributed by atoms with Gasteiger partial charge in [0, 0.05) is 69.1 Å². The van der Waals surface area contributed by atoms with Crippen molar-refractivity contribution in [2.75, 3.05) is 44.0 Å². The zero-order valence-electron chi connectivity index (χ0n) is 18.7. The maximum Gasteiger partial charge on any atom is 0.317 e. The summed E-state index contributed by atoms with van der Waals surface area (Å²) in [5.74, 6) is 1.28. The minimum atomic E-state index is -0.0641. The summed E-state index contributed by atoms with van der Waals surface area (Å²) < 4.78 is 11.6. The molecule has 4 rings (SSSR count). The first-order chi connectivity index (χ1) is 15.4. The van der Waals surface area contributed by atoms with Gasteiger partial charge < -0.3 is 30.3 Å². The summed E-state index contributed by atoms with van der Waals surface area (Å²) in [6.07, 6.45) is 4.76. The summed E-state index contributed by atoms with van der Waals surface area (Å²) in [7, 11) is 1.82. The Hall–Kier alpha value is -3.21. The van der Waals surface area contributed by atoms with Gasteiger partial charge in [-0.05, 0) is 13.8 Å². The monoisotopic (exact) mass is 442 g/mol. The molecule has 0 unspecified atom stereocenters. The largest absolute Gasteiger partial charge is 0.474 e. The van der Waals surface area contributed by atoms with Crippen molar-refractivity contribution in [2.45, 2.75) is 44.9 Å². The second-order valence-electron chi connectivity index (χ2n) is 8.40. The highest BCUT2D eigenvalue weighted by Gasteiger charge is 2.36. The minimum Gasteiger partial charge on any atom is -0.474 e. The van der Waals surface area contributed by atoms with E-state index in [1.54, 1.807) is 23.4 Å². The van der Waals surface area contributed by atoms with Crippen molar-refractivity contribution in [3.63, 3.8) is 0 Å². The molecular weight excluding hydrogens is 412 g/mol. The molecule has 2 aromatic heterocycles. The van der Waals surface area contributed by atoms with E-state index in [0.29, 0.717) is 43.8 Å². The van der Waals surface area contributed by atoms with Crippen LogP contribution in [0.25, 0.3) is 11.3 Å². The van der Waals surface area contributed by atoms with Crippen LogP contribution in [0.2, 0.25) is 0 Å². The van der Waals surface area contributed by atoms with E-state index in [-0.39, 0.29) is 30.2 Å². The number of nitrogens with two attached hydrogens (primary N) is 1. The third-order valence-electron chi connectivity index (χ3n) is 5.59. The molecule has 1 saturated carbocycles. The van der Waals surface area contributed by atoms with Gasteiger partial charge in [-0.3, -0.25) is 0 Å². The lowest BCUT2D eigenvalue weighted by Crippen LogP contribution is -2.53. The molecule has 2 amide bonds. The molecule has 3 N–H and O–H groups in total. The quantitative estimate of drug-likeness (QED) is 0.679. The van der Waals surface area contributed by atoms with E-state index in [1.165, 1.54) is 0 Å². The molecule has 2 aliphatic rings. The number of aromatic nitrogens is 4. The molecular formula is C21H30N8O3. The number of amides is 2. The number of hydrogen-bond acceptors (Lipinski definition) is 9. The Labute approximate surface area is 187 Å². The number of carbonyl (C=O) groups is 1. The maximum atomic E-state index is 12.2. The van der Waals surface area contributed by atoms with Crippen LogP contribution in [-0.2, 0) is 4.74 Å². The van der Waals surface area contributed by atoms with Gasteiger partial charge in [0.2, 0.25) is 17.8 Å². The van der Waals surface area contributed by atoms with Crippen molar-refractivity contribution in [1.82, 2.24) is 30.2 Å². The SMILES string of the molecule is CC(C)NC(=O)N(C)[C@H]1C[C@H](Oc2cc(-c3cnc(N)nc3)nc(N3CCOCC3)n2)C1. The van der Waals surface area contributed by atoms with Crippen LogP contribution in [0.1, 0.15) is 26.7 Å². The van der Waals surface area contributed by atoms with Crippen molar-refractivity contribution in [2.24, 2.45) is 0 Å². The number of anilines is 2. The molecule has 0 bridgehead atoms. The Balaban J connectivity index is 1.47. The Bertz CT molecular complexity index is 927. The molecule has 2 fully saturated rings. The predicted octanol–water partition coefficient (Wildman–Crippen LogP) is 1.31. The number of nitrogens with zero attached hydrogens (tertiary/aromatic N) is 6. The van der Waals surface area contributed by atoms with Crippen molar-refractivity contribution in [1.29, 1.82) is 0 Å². The fourth-order valence-corrected chi connectivity index (χ4v) is 3.63. The van der Waals surface area contributed by atoms with Gasteiger partial charge in [-0.2, -0.15) is 4.98 Å². The number of carbonyl (C=O) groups excluding carboxylic acids is 1. The summed E-state index contributed by atoms with van der Waals surface area (Å²) in [5, 5.41) is 2.92. The highest BCUT2D eigenvalue weighted by Crippen LogP contribution is 2.31. The second-order valence-corrected chi connectivity index (χ2v) is 8.40. The van der Waals surface area contributed by atoms with Gasteiger partial charge in [-0.1, -0.05) is 0 Å². The molecule has 1 saturated heterocycles. The Morgan fingerprint density at radius 3 is 2.59 bits per heavy atom. The molecule has 0 atom stereocenters. The van der Waals surface area contributed by atoms with Crippen LogP contribution in [0.15, 0.2) is 18.5 Å². The van der Waals surface area contributed by atoms with Crippen molar-refractivity contribution in [3.8, 4) is 17.1 Å². The zero-order valence-corrected chi connectivity index (χ0v) is 18.7. The molecule has 1 aliphatic carbocycles. The first-order valence-corrected chi connectivity index (χ1v) is 10.9. The Morgan fingerprint density at radius 1 is 1.25 bits per heavy atom. The smallest absolute Gasteiger partial charge is 0.317 e. The highest BCUT2D eigenvalue weighted by molar-refractivity contribution is 5.74. The van der Waals surface area contributed by atoms with Crippen LogP contribution in [0.5, 0.6) is 5.88 Å². The van der Waals surface area contributed by atoms with E-state index in [1.807, 2.05) is 20.9 Å². The number of morpholine rings is 1. The number of nitrogens with one attached hydrogen (secondary N) is 1. The molecule has 2 aromatic rings. The summed E-state index contributed by atoms with van der Waals surface area (Å²) in [5.41, 5.74) is 7.03. The maximum absolute atomic E-state index is 12.2. The van der Waals surface area contributed by atoms with Crippen LogP contribution in [-0.4, -0.2) is 82.4 Å². The normalized spacial score (nSPS) is 20.6. The number of rotatable bonds is 6. The zero-order chi connectivity index (χ0) is 22.7. The lowest BCUT2D eigenvalue weighted by Gasteiger charge is -2.40. The standard InChI is InChI=1S/C21H30N8O3/c1-13(2)25-21(30)28(3)15-8-16(9-15)32-18-10-17(14-11-23-19(22)24-12-14)26-20(27-18)29-4-6-31-7-5-29/h10-13,15-16H,4-9H2,1-3H3,(H,25,30)(H2,22,23,24)/t15-,16-. The third kappa shape index (κ3) is 5.16. The topological polar surface area (TPSA) is 132 Å². The van der Waals surface area contributed by atoms with Gasteiger partial charge >= 0.3 is 6.03 Å². The lowest BCUT2D eigenvalue weighted by molar-refractivity contribution is 0.0402. The Kier molecular flexibility index (Phi) is 6.54. The lowest BCUT2D eigenvalue weighted by atomic mass is 9.88. The van der Waals surface area contributed by atoms with Crippen LogP contribution in [0, 0.1) is 0 Å². The van der Waals surface area contributed by atoms with Crippen LogP contribution < -0.4 is 20.7 Å². The summed E-state index contributed by atoms with van der Waals surface area (Å²) >= 11 is 0. The fraction of sp³-hybridized carbons (Fsp3) is 0.571. The summed E-state index contributed by atoms with van der Waals surface area (Å²) in [6.45, 7) is 6.57. The number of hydrogen-bond donors (Lipinski definition) is 2. The van der Waals surface area contributed by atoms with E-state index < -0.39 is 0 Å². The van der Waals surface area contributed by atoms with Crippen molar-refractivity contribution in [3.05, 3.63) is 18.5 Å². The number of nitrogen functional groups attached to an aromatic ring is 1. The third-order valence-corrected chi connectivity index (χ3v) is 5.59. The first-order valence-electron chi connectivity index (χ1n) is 10.9. The van der Waals surface area contributed by atoms with E-state index in [0.717, 1.165) is 18.4 Å². The van der Waals surface area contributed by atoms with Gasteiger partial charge in [0.25, 0.3) is 0 Å². The molecule has 0 aromatic carbocycles. The first kappa shape index (κ1) is 22.0. The van der Waals surface area contributed by atoms with E-state index in [9.17, 15) is 4.79 Å². The number of ether oxygens (including phenoxy) is 2. The van der Waals surface area contributed by atoms with Gasteiger partial charge in [-0.15, -0.1) is 0 Å². The molecule has 32 heavy (non-hydrogen) atoms. The van der Waals surface area contributed by atoms with Crippen LogP contribution in [0.3, 0.4) is 0 Å².